The van der Waals surface area contributed by atoms with Gasteiger partial charge in [0.15, 0.2) is 0 Å². The number of hydrogen-bond acceptors (Lipinski definition) is 3. The van der Waals surface area contributed by atoms with E-state index in [-0.39, 0.29) is 17.7 Å². The molecule has 2 amide bonds. The molecule has 0 saturated carbocycles. The van der Waals surface area contributed by atoms with Crippen LogP contribution >= 0.6 is 0 Å². The highest BCUT2D eigenvalue weighted by atomic mass is 16.2. The van der Waals surface area contributed by atoms with Crippen LogP contribution in [0.5, 0.6) is 0 Å². The first-order chi connectivity index (χ1) is 14.0. The summed E-state index contributed by atoms with van der Waals surface area (Å²) >= 11 is 0. The number of amides is 2. The van der Waals surface area contributed by atoms with Crippen molar-refractivity contribution in [3.05, 3.63) is 59.7 Å². The molecular formula is C24H31N3O2. The van der Waals surface area contributed by atoms with E-state index in [0.29, 0.717) is 31.5 Å². The van der Waals surface area contributed by atoms with Gasteiger partial charge in [-0.1, -0.05) is 17.7 Å². The number of carbonyl (C=O) groups excluding carboxylic acids is 2. The molecule has 2 aromatic rings. The van der Waals surface area contributed by atoms with Gasteiger partial charge in [0.2, 0.25) is 5.91 Å². The molecule has 1 N–H and O–H groups in total. The van der Waals surface area contributed by atoms with E-state index in [4.69, 9.17) is 0 Å². The number of piperidine rings is 1. The quantitative estimate of drug-likeness (QED) is 0.795. The number of nitrogens with zero attached hydrogens (tertiary/aromatic N) is 2. The molecule has 1 heterocycles. The number of aryl methyl sites for hydroxylation is 1. The molecule has 0 unspecified atom stereocenters. The Bertz CT molecular complexity index is 818. The number of benzene rings is 2. The summed E-state index contributed by atoms with van der Waals surface area (Å²) in [6.45, 7) is 9.43. The Morgan fingerprint density at radius 2 is 1.55 bits per heavy atom. The first-order valence-corrected chi connectivity index (χ1v) is 10.5. The fourth-order valence-electron chi connectivity index (χ4n) is 3.81. The highest BCUT2D eigenvalue weighted by Crippen LogP contribution is 2.23. The summed E-state index contributed by atoms with van der Waals surface area (Å²) in [6, 6.07) is 15.7. The van der Waals surface area contributed by atoms with E-state index in [1.807, 2.05) is 60.4 Å². The minimum absolute atomic E-state index is 0.0445. The van der Waals surface area contributed by atoms with Crippen molar-refractivity contribution in [2.45, 2.75) is 33.6 Å². The molecule has 5 heteroatoms. The standard InChI is InChI=1S/C24H31N3O2/c1-4-26(5-2)22-12-10-21(11-13-22)25-23(28)19-14-16-27(17-15-19)24(29)20-8-6-18(3)7-9-20/h6-13,19H,4-5,14-17H2,1-3H3,(H,25,28). The van der Waals surface area contributed by atoms with Crippen LogP contribution in [0.3, 0.4) is 0 Å². The maximum atomic E-state index is 12.7. The van der Waals surface area contributed by atoms with E-state index in [2.05, 4.69) is 24.1 Å². The summed E-state index contributed by atoms with van der Waals surface area (Å²) in [6.07, 6.45) is 1.39. The minimum atomic E-state index is -0.0560. The first kappa shape index (κ1) is 20.9. The van der Waals surface area contributed by atoms with Crippen molar-refractivity contribution in [1.82, 2.24) is 4.90 Å². The molecule has 0 atom stereocenters. The lowest BCUT2D eigenvalue weighted by Crippen LogP contribution is -2.41. The van der Waals surface area contributed by atoms with Gasteiger partial charge in [-0.15, -0.1) is 0 Å². The summed E-state index contributed by atoms with van der Waals surface area (Å²) in [5.74, 6) is 0.0402. The molecule has 3 rings (SSSR count). The van der Waals surface area contributed by atoms with E-state index in [9.17, 15) is 9.59 Å². The Labute approximate surface area is 173 Å². The van der Waals surface area contributed by atoms with Crippen molar-refractivity contribution in [3.63, 3.8) is 0 Å². The zero-order valence-electron chi connectivity index (χ0n) is 17.6. The smallest absolute Gasteiger partial charge is 0.253 e. The summed E-state index contributed by atoms with van der Waals surface area (Å²) in [5, 5.41) is 3.03. The minimum Gasteiger partial charge on any atom is -0.372 e. The molecule has 154 valence electrons. The van der Waals surface area contributed by atoms with Crippen LogP contribution in [-0.2, 0) is 4.79 Å². The van der Waals surface area contributed by atoms with Crippen molar-refractivity contribution >= 4 is 23.2 Å². The van der Waals surface area contributed by atoms with E-state index >= 15 is 0 Å². The first-order valence-electron chi connectivity index (χ1n) is 10.5. The lowest BCUT2D eigenvalue weighted by Gasteiger charge is -2.31. The van der Waals surface area contributed by atoms with Gasteiger partial charge in [0.25, 0.3) is 5.91 Å². The zero-order chi connectivity index (χ0) is 20.8. The molecule has 0 radical (unpaired) electrons. The predicted octanol–water partition coefficient (Wildman–Crippen LogP) is 4.33. The third-order valence-electron chi connectivity index (χ3n) is 5.71. The van der Waals surface area contributed by atoms with Gasteiger partial charge in [0, 0.05) is 49.0 Å². The molecule has 1 aliphatic heterocycles. The zero-order valence-corrected chi connectivity index (χ0v) is 17.6. The highest BCUT2D eigenvalue weighted by Gasteiger charge is 2.27. The van der Waals surface area contributed by atoms with Crippen LogP contribution in [0.25, 0.3) is 0 Å². The fraction of sp³-hybridized carbons (Fsp3) is 0.417. The number of hydrogen-bond donors (Lipinski definition) is 1. The van der Waals surface area contributed by atoms with Gasteiger partial charge in [-0.05, 0) is 70.0 Å². The largest absolute Gasteiger partial charge is 0.372 e. The number of likely N-dealkylation sites (tertiary alicyclic amines) is 1. The molecular weight excluding hydrogens is 362 g/mol. The monoisotopic (exact) mass is 393 g/mol. The van der Waals surface area contributed by atoms with E-state index in [1.165, 1.54) is 0 Å². The van der Waals surface area contributed by atoms with Gasteiger partial charge in [-0.3, -0.25) is 9.59 Å². The van der Waals surface area contributed by atoms with Crippen molar-refractivity contribution in [2.24, 2.45) is 5.92 Å². The summed E-state index contributed by atoms with van der Waals surface area (Å²) in [5.41, 5.74) is 3.84. The number of nitrogens with one attached hydrogen (secondary N) is 1. The van der Waals surface area contributed by atoms with Crippen LogP contribution in [0, 0.1) is 12.8 Å². The molecule has 2 aromatic carbocycles. The number of rotatable bonds is 6. The van der Waals surface area contributed by atoms with Gasteiger partial charge >= 0.3 is 0 Å². The maximum Gasteiger partial charge on any atom is 0.253 e. The second kappa shape index (κ2) is 9.59. The van der Waals surface area contributed by atoms with Crippen LogP contribution in [0.2, 0.25) is 0 Å². The Morgan fingerprint density at radius 3 is 2.10 bits per heavy atom. The third-order valence-corrected chi connectivity index (χ3v) is 5.71. The van der Waals surface area contributed by atoms with Crippen LogP contribution in [0.4, 0.5) is 11.4 Å². The van der Waals surface area contributed by atoms with Crippen LogP contribution in [0.15, 0.2) is 48.5 Å². The summed E-state index contributed by atoms with van der Waals surface area (Å²) in [7, 11) is 0. The van der Waals surface area contributed by atoms with Crippen molar-refractivity contribution < 1.29 is 9.59 Å². The maximum absolute atomic E-state index is 12.7. The normalized spacial score (nSPS) is 14.5. The van der Waals surface area contributed by atoms with Crippen molar-refractivity contribution in [2.75, 3.05) is 36.4 Å². The second-order valence-corrected chi connectivity index (χ2v) is 7.64. The Hall–Kier alpha value is -2.82. The van der Waals surface area contributed by atoms with Gasteiger partial charge in [0.05, 0.1) is 0 Å². The highest BCUT2D eigenvalue weighted by molar-refractivity contribution is 5.95. The fourth-order valence-corrected chi connectivity index (χ4v) is 3.81. The number of anilines is 2. The Balaban J connectivity index is 1.52. The van der Waals surface area contributed by atoms with Crippen LogP contribution in [0.1, 0.15) is 42.6 Å². The Morgan fingerprint density at radius 1 is 0.966 bits per heavy atom. The third kappa shape index (κ3) is 5.17. The van der Waals surface area contributed by atoms with Crippen LogP contribution < -0.4 is 10.2 Å². The molecule has 1 saturated heterocycles. The van der Waals surface area contributed by atoms with E-state index < -0.39 is 0 Å². The lowest BCUT2D eigenvalue weighted by molar-refractivity contribution is -0.121. The van der Waals surface area contributed by atoms with E-state index in [1.54, 1.807) is 0 Å². The summed E-state index contributed by atoms with van der Waals surface area (Å²) in [4.78, 5) is 29.4. The van der Waals surface area contributed by atoms with Crippen molar-refractivity contribution in [1.29, 1.82) is 0 Å². The second-order valence-electron chi connectivity index (χ2n) is 7.64. The molecule has 1 fully saturated rings. The van der Waals surface area contributed by atoms with Gasteiger partial charge in [-0.2, -0.15) is 0 Å². The summed E-state index contributed by atoms with van der Waals surface area (Å²) < 4.78 is 0. The average Bonchev–Trinajstić information content (AvgIpc) is 2.76. The molecule has 5 nitrogen and oxygen atoms in total. The molecule has 0 spiro atoms. The van der Waals surface area contributed by atoms with Gasteiger partial charge in [-0.25, -0.2) is 0 Å². The Kier molecular flexibility index (Phi) is 6.91. The number of carbonyl (C=O) groups is 2. The molecule has 0 aliphatic carbocycles. The molecule has 0 bridgehead atoms. The van der Waals surface area contributed by atoms with Crippen LogP contribution in [-0.4, -0.2) is 42.9 Å². The van der Waals surface area contributed by atoms with E-state index in [0.717, 1.165) is 30.0 Å². The molecule has 29 heavy (non-hydrogen) atoms. The SMILES string of the molecule is CCN(CC)c1ccc(NC(=O)C2CCN(C(=O)c3ccc(C)cc3)CC2)cc1. The molecule has 0 aromatic heterocycles. The predicted molar refractivity (Wildman–Crippen MR) is 118 cm³/mol. The van der Waals surface area contributed by atoms with Gasteiger partial charge < -0.3 is 15.1 Å². The topological polar surface area (TPSA) is 52.7 Å². The van der Waals surface area contributed by atoms with Crippen molar-refractivity contribution in [3.8, 4) is 0 Å². The molecule has 1 aliphatic rings. The average molecular weight is 394 g/mol. The van der Waals surface area contributed by atoms with Gasteiger partial charge in [0.1, 0.15) is 0 Å². The lowest BCUT2D eigenvalue weighted by atomic mass is 9.95.